The summed E-state index contributed by atoms with van der Waals surface area (Å²) in [6.07, 6.45) is 6.17. The first kappa shape index (κ1) is 17.2. The summed E-state index contributed by atoms with van der Waals surface area (Å²) in [7, 11) is 5.56. The Bertz CT molecular complexity index is 1110. The van der Waals surface area contributed by atoms with Gasteiger partial charge in [-0.3, -0.25) is 14.0 Å². The summed E-state index contributed by atoms with van der Waals surface area (Å²) in [6.45, 7) is 1.67. The smallest absolute Gasteiger partial charge is 0.265 e. The van der Waals surface area contributed by atoms with E-state index in [0.717, 1.165) is 37.4 Å². The predicted molar refractivity (Wildman–Crippen MR) is 107 cm³/mol. The van der Waals surface area contributed by atoms with Crippen molar-refractivity contribution >= 4 is 22.8 Å². The molecule has 1 aliphatic carbocycles. The number of fused-ring (bicyclic) bond motifs is 2. The van der Waals surface area contributed by atoms with E-state index in [2.05, 4.69) is 31.2 Å². The molecule has 28 heavy (non-hydrogen) atoms. The maximum Gasteiger partial charge on any atom is 0.265 e. The molecule has 1 aliphatic heterocycles. The van der Waals surface area contributed by atoms with Crippen LogP contribution in [0.1, 0.15) is 24.1 Å². The molecule has 3 aromatic heterocycles. The van der Waals surface area contributed by atoms with E-state index in [-0.39, 0.29) is 11.6 Å². The van der Waals surface area contributed by atoms with Crippen molar-refractivity contribution in [3.05, 3.63) is 33.9 Å². The highest BCUT2D eigenvalue weighted by molar-refractivity contribution is 5.74. The van der Waals surface area contributed by atoms with Crippen molar-refractivity contribution < 1.29 is 0 Å². The molecule has 2 aliphatic rings. The third-order valence-corrected chi connectivity index (χ3v) is 6.05. The normalized spacial score (nSPS) is 16.9. The number of aromatic nitrogens is 6. The van der Waals surface area contributed by atoms with Crippen molar-refractivity contribution in [2.45, 2.75) is 31.7 Å². The molecule has 0 unspecified atom stereocenters. The van der Waals surface area contributed by atoms with Gasteiger partial charge in [-0.25, -0.2) is 0 Å². The maximum atomic E-state index is 12.6. The van der Waals surface area contributed by atoms with Crippen molar-refractivity contribution in [1.82, 2.24) is 29.5 Å². The third kappa shape index (κ3) is 2.56. The third-order valence-electron chi connectivity index (χ3n) is 6.05. The molecule has 3 aromatic rings. The summed E-state index contributed by atoms with van der Waals surface area (Å²) < 4.78 is 3.25. The average molecular weight is 380 g/mol. The number of nitrogens with zero attached hydrogens (tertiary/aromatic N) is 8. The molecule has 1 saturated heterocycles. The fraction of sp³-hybridized carbons (Fsp3) is 0.526. The monoisotopic (exact) mass is 380 g/mol. The highest BCUT2D eigenvalue weighted by atomic mass is 16.1. The van der Waals surface area contributed by atoms with Crippen LogP contribution < -0.4 is 15.4 Å². The summed E-state index contributed by atoms with van der Waals surface area (Å²) in [6, 6.07) is 2.47. The van der Waals surface area contributed by atoms with Gasteiger partial charge in [-0.1, -0.05) is 0 Å². The zero-order valence-corrected chi connectivity index (χ0v) is 16.5. The molecule has 0 N–H and O–H groups in total. The van der Waals surface area contributed by atoms with Gasteiger partial charge in [0.2, 0.25) is 5.95 Å². The molecule has 0 atom stereocenters. The first-order valence-electron chi connectivity index (χ1n) is 9.75. The minimum atomic E-state index is -0.0725. The van der Waals surface area contributed by atoms with Gasteiger partial charge in [-0.15, -0.1) is 5.10 Å². The van der Waals surface area contributed by atoms with Gasteiger partial charge in [0.1, 0.15) is 5.39 Å². The van der Waals surface area contributed by atoms with Gasteiger partial charge in [0.05, 0.1) is 17.9 Å². The molecule has 9 heteroatoms. The number of aryl methyl sites for hydroxylation is 3. The van der Waals surface area contributed by atoms with Crippen LogP contribution in [0.2, 0.25) is 0 Å². The van der Waals surface area contributed by atoms with Crippen LogP contribution in [0.4, 0.5) is 11.8 Å². The Labute approximate surface area is 162 Å². The van der Waals surface area contributed by atoms with Crippen LogP contribution in [-0.2, 0) is 26.9 Å². The molecule has 0 bridgehead atoms. The van der Waals surface area contributed by atoms with E-state index in [0.29, 0.717) is 17.0 Å². The van der Waals surface area contributed by atoms with Gasteiger partial charge in [-0.05, 0) is 37.3 Å². The minimum absolute atomic E-state index is 0.0725. The van der Waals surface area contributed by atoms with Crippen molar-refractivity contribution in [2.24, 2.45) is 14.1 Å². The zero-order chi connectivity index (χ0) is 19.4. The molecule has 4 heterocycles. The molecular weight excluding hydrogens is 356 g/mol. The minimum Gasteiger partial charge on any atom is -0.351 e. The second kappa shape index (κ2) is 6.29. The second-order valence-corrected chi connectivity index (χ2v) is 7.83. The van der Waals surface area contributed by atoms with Crippen LogP contribution in [0.3, 0.4) is 0 Å². The van der Waals surface area contributed by atoms with E-state index < -0.39 is 0 Å². The predicted octanol–water partition coefficient (Wildman–Crippen LogP) is 0.661. The number of hydrogen-bond acceptors (Lipinski definition) is 7. The van der Waals surface area contributed by atoms with E-state index in [1.54, 1.807) is 29.5 Å². The topological polar surface area (TPSA) is 85.0 Å². The van der Waals surface area contributed by atoms with Crippen molar-refractivity contribution in [3.63, 3.8) is 0 Å². The van der Waals surface area contributed by atoms with Crippen LogP contribution in [0.5, 0.6) is 0 Å². The van der Waals surface area contributed by atoms with Crippen LogP contribution in [0.25, 0.3) is 11.0 Å². The van der Waals surface area contributed by atoms with Crippen LogP contribution in [0, 0.1) is 0 Å². The lowest BCUT2D eigenvalue weighted by Crippen LogP contribution is -2.60. The maximum absolute atomic E-state index is 12.6. The Hall–Kier alpha value is -2.97. The number of anilines is 2. The van der Waals surface area contributed by atoms with Crippen molar-refractivity contribution in [1.29, 1.82) is 0 Å². The van der Waals surface area contributed by atoms with E-state index in [4.69, 9.17) is 4.98 Å². The van der Waals surface area contributed by atoms with Crippen LogP contribution >= 0.6 is 0 Å². The molecule has 0 saturated carbocycles. The molecule has 5 rings (SSSR count). The molecule has 0 amide bonds. The van der Waals surface area contributed by atoms with E-state index in [1.165, 1.54) is 18.4 Å². The fourth-order valence-electron chi connectivity index (χ4n) is 4.16. The number of likely N-dealkylation sites (N-methyl/N-ethyl adjacent to an activating group) is 1. The van der Waals surface area contributed by atoms with Gasteiger partial charge in [0, 0.05) is 34.2 Å². The second-order valence-electron chi connectivity index (χ2n) is 7.83. The van der Waals surface area contributed by atoms with Crippen LogP contribution in [0.15, 0.2) is 17.1 Å². The summed E-state index contributed by atoms with van der Waals surface area (Å²) in [4.78, 5) is 21.6. The average Bonchev–Trinajstić information content (AvgIpc) is 3.04. The molecule has 0 radical (unpaired) electrons. The quantitative estimate of drug-likeness (QED) is 0.660. The summed E-state index contributed by atoms with van der Waals surface area (Å²) >= 11 is 0. The largest absolute Gasteiger partial charge is 0.351 e. The fourth-order valence-corrected chi connectivity index (χ4v) is 4.16. The molecule has 1 fully saturated rings. The Morgan fingerprint density at radius 2 is 1.93 bits per heavy atom. The van der Waals surface area contributed by atoms with Crippen molar-refractivity contribution in [3.8, 4) is 0 Å². The van der Waals surface area contributed by atoms with Gasteiger partial charge in [0.25, 0.3) is 5.56 Å². The van der Waals surface area contributed by atoms with Gasteiger partial charge in [-0.2, -0.15) is 15.2 Å². The van der Waals surface area contributed by atoms with Crippen LogP contribution in [-0.4, -0.2) is 55.7 Å². The molecule has 146 valence electrons. The van der Waals surface area contributed by atoms with E-state index in [1.807, 2.05) is 7.05 Å². The molecular formula is C19H24N8O. The highest BCUT2D eigenvalue weighted by Crippen LogP contribution is 2.27. The highest BCUT2D eigenvalue weighted by Gasteiger charge is 2.33. The Morgan fingerprint density at radius 1 is 1.14 bits per heavy atom. The Morgan fingerprint density at radius 3 is 2.75 bits per heavy atom. The number of rotatable bonds is 3. The zero-order valence-electron chi connectivity index (χ0n) is 16.5. The van der Waals surface area contributed by atoms with Gasteiger partial charge < -0.3 is 9.80 Å². The lowest BCUT2D eigenvalue weighted by Gasteiger charge is -2.45. The van der Waals surface area contributed by atoms with Gasteiger partial charge in [0.15, 0.2) is 11.5 Å². The first-order chi connectivity index (χ1) is 13.5. The summed E-state index contributed by atoms with van der Waals surface area (Å²) in [5.41, 5.74) is 3.05. The van der Waals surface area contributed by atoms with Gasteiger partial charge >= 0.3 is 0 Å². The SMILES string of the molecule is CN(c1nc2c(cnn2C)c(=O)n1C)C1CN(c2cc3c(nn2)CCCC3)C1. The Balaban J connectivity index is 1.36. The van der Waals surface area contributed by atoms with E-state index >= 15 is 0 Å². The van der Waals surface area contributed by atoms with E-state index in [9.17, 15) is 4.79 Å². The summed E-state index contributed by atoms with van der Waals surface area (Å²) in [5.74, 6) is 1.61. The van der Waals surface area contributed by atoms with Crippen molar-refractivity contribution in [2.75, 3.05) is 29.9 Å². The molecule has 9 nitrogen and oxygen atoms in total. The number of hydrogen-bond donors (Lipinski definition) is 0. The summed E-state index contributed by atoms with van der Waals surface area (Å²) in [5, 5.41) is 13.6. The lowest BCUT2D eigenvalue weighted by atomic mass is 9.96. The lowest BCUT2D eigenvalue weighted by molar-refractivity contribution is 0.478. The first-order valence-corrected chi connectivity index (χ1v) is 9.75. The standard InChI is InChI=1S/C19H24N8O/c1-24(19-21-17-14(9-20-26(17)3)18(28)25(19)2)13-10-27(11-13)16-8-12-6-4-5-7-15(12)22-23-16/h8-9,13H,4-7,10-11H2,1-3H3. The molecule has 0 aromatic carbocycles. The molecule has 0 spiro atoms. The Kier molecular flexibility index (Phi) is 3.85.